The molecule has 0 saturated heterocycles. The van der Waals surface area contributed by atoms with Crippen LogP contribution in [0.5, 0.6) is 11.5 Å². The van der Waals surface area contributed by atoms with Crippen LogP contribution in [0.15, 0.2) is 48.5 Å². The Morgan fingerprint density at radius 2 is 1.63 bits per heavy atom. The minimum atomic E-state index is -0.286. The summed E-state index contributed by atoms with van der Waals surface area (Å²) < 4.78 is 15.5. The van der Waals surface area contributed by atoms with Gasteiger partial charge in [0, 0.05) is 19.3 Å². The molecule has 0 radical (unpaired) electrons. The molecule has 2 N–H and O–H groups in total. The number of amides is 2. The number of benzene rings is 2. The van der Waals surface area contributed by atoms with Crippen LogP contribution < -0.4 is 20.1 Å². The van der Waals surface area contributed by atoms with Crippen LogP contribution in [0.2, 0.25) is 0 Å². The fourth-order valence-electron chi connectivity index (χ4n) is 2.32. The Kier molecular flexibility index (Phi) is 8.12. The Balaban J connectivity index is 1.79. The first-order valence-corrected chi connectivity index (χ1v) is 8.52. The highest BCUT2D eigenvalue weighted by Crippen LogP contribution is 2.25. The maximum absolute atomic E-state index is 12.0. The highest BCUT2D eigenvalue weighted by molar-refractivity contribution is 5.92. The van der Waals surface area contributed by atoms with Gasteiger partial charge >= 0.3 is 0 Å². The quantitative estimate of drug-likeness (QED) is 0.623. The normalized spacial score (nSPS) is 10.1. The maximum Gasteiger partial charge on any atom is 0.262 e. The summed E-state index contributed by atoms with van der Waals surface area (Å²) in [6.07, 6.45) is 0.273. The van der Waals surface area contributed by atoms with E-state index in [0.717, 1.165) is 5.56 Å². The van der Waals surface area contributed by atoms with Gasteiger partial charge < -0.3 is 24.8 Å². The average Bonchev–Trinajstić information content (AvgIpc) is 2.68. The summed E-state index contributed by atoms with van der Waals surface area (Å²) in [5.41, 5.74) is 1.49. The van der Waals surface area contributed by atoms with Gasteiger partial charge in [0.2, 0.25) is 5.91 Å². The van der Waals surface area contributed by atoms with Crippen LogP contribution in [0.3, 0.4) is 0 Å². The molecule has 7 nitrogen and oxygen atoms in total. The van der Waals surface area contributed by atoms with Gasteiger partial charge in [-0.15, -0.1) is 0 Å². The van der Waals surface area contributed by atoms with Gasteiger partial charge in [-0.25, -0.2) is 0 Å². The number of carbonyl (C=O) groups is 2. The first-order valence-electron chi connectivity index (χ1n) is 8.52. The molecule has 2 rings (SSSR count). The fourth-order valence-corrected chi connectivity index (χ4v) is 2.32. The zero-order valence-corrected chi connectivity index (χ0v) is 15.5. The van der Waals surface area contributed by atoms with Gasteiger partial charge in [-0.3, -0.25) is 9.59 Å². The molecule has 0 bridgehead atoms. The van der Waals surface area contributed by atoms with E-state index in [1.807, 2.05) is 6.07 Å². The molecule has 2 amide bonds. The number of rotatable bonds is 10. The van der Waals surface area contributed by atoms with Crippen molar-refractivity contribution in [2.24, 2.45) is 0 Å². The van der Waals surface area contributed by atoms with Gasteiger partial charge in [0.1, 0.15) is 0 Å². The molecule has 0 fully saturated rings. The van der Waals surface area contributed by atoms with Crippen molar-refractivity contribution in [2.45, 2.75) is 6.42 Å². The van der Waals surface area contributed by atoms with Gasteiger partial charge in [-0.05, 0) is 29.8 Å². The third kappa shape index (κ3) is 6.99. The molecule has 27 heavy (non-hydrogen) atoms. The highest BCUT2D eigenvalue weighted by atomic mass is 16.5. The second-order valence-electron chi connectivity index (χ2n) is 5.70. The van der Waals surface area contributed by atoms with Crippen molar-refractivity contribution < 1.29 is 23.8 Å². The van der Waals surface area contributed by atoms with Gasteiger partial charge in [0.15, 0.2) is 18.1 Å². The van der Waals surface area contributed by atoms with Crippen LogP contribution in [0, 0.1) is 0 Å². The van der Waals surface area contributed by atoms with E-state index in [4.69, 9.17) is 14.2 Å². The predicted molar refractivity (Wildman–Crippen MR) is 102 cm³/mol. The second kappa shape index (κ2) is 10.8. The summed E-state index contributed by atoms with van der Waals surface area (Å²) in [6, 6.07) is 14.2. The van der Waals surface area contributed by atoms with Crippen molar-refractivity contribution >= 4 is 17.5 Å². The van der Waals surface area contributed by atoms with Crippen molar-refractivity contribution in [1.29, 1.82) is 0 Å². The fraction of sp³-hybridized carbons (Fsp3) is 0.300. The largest absolute Gasteiger partial charge is 0.493 e. The summed E-state index contributed by atoms with van der Waals surface area (Å²) >= 11 is 0. The van der Waals surface area contributed by atoms with E-state index in [2.05, 4.69) is 10.6 Å². The number of anilines is 1. The van der Waals surface area contributed by atoms with Crippen LogP contribution >= 0.6 is 0 Å². The maximum atomic E-state index is 12.0. The summed E-state index contributed by atoms with van der Waals surface area (Å²) in [4.78, 5) is 23.8. The van der Waals surface area contributed by atoms with Crippen LogP contribution in [0.1, 0.15) is 5.56 Å². The number of hydrogen-bond acceptors (Lipinski definition) is 5. The smallest absolute Gasteiger partial charge is 0.262 e. The van der Waals surface area contributed by atoms with Crippen LogP contribution in [-0.2, 0) is 20.7 Å². The second-order valence-corrected chi connectivity index (χ2v) is 5.70. The Bertz CT molecular complexity index is 746. The summed E-state index contributed by atoms with van der Waals surface area (Å²) in [6.45, 7) is 0.827. The standard InChI is InChI=1S/C20H24N2O5/c1-25-12-11-21-19(23)13-15-7-9-16(10-8-15)22-20(24)14-27-18-6-4-3-5-17(18)26-2/h3-10H,11-14H2,1-2H3,(H,21,23)(H,22,24). The number of para-hydroxylation sites is 2. The third-order valence-electron chi connectivity index (χ3n) is 3.66. The lowest BCUT2D eigenvalue weighted by molar-refractivity contribution is -0.120. The number of methoxy groups -OCH3 is 2. The zero-order chi connectivity index (χ0) is 19.5. The molecule has 0 heterocycles. The lowest BCUT2D eigenvalue weighted by Crippen LogP contribution is -2.28. The van der Waals surface area contributed by atoms with Gasteiger partial charge in [-0.2, -0.15) is 0 Å². The first-order chi connectivity index (χ1) is 13.1. The van der Waals surface area contributed by atoms with E-state index in [0.29, 0.717) is 30.3 Å². The van der Waals surface area contributed by atoms with Crippen molar-refractivity contribution in [1.82, 2.24) is 5.32 Å². The number of carbonyl (C=O) groups excluding carboxylic acids is 2. The third-order valence-corrected chi connectivity index (χ3v) is 3.66. The minimum Gasteiger partial charge on any atom is -0.493 e. The molecular weight excluding hydrogens is 348 g/mol. The summed E-state index contributed by atoms with van der Waals surface area (Å²) in [5.74, 6) is 0.712. The lowest BCUT2D eigenvalue weighted by Gasteiger charge is -2.11. The predicted octanol–water partition coefficient (Wildman–Crippen LogP) is 2.02. The van der Waals surface area contributed by atoms with E-state index < -0.39 is 0 Å². The molecule has 0 aliphatic rings. The van der Waals surface area contributed by atoms with E-state index in [1.165, 1.54) is 0 Å². The van der Waals surface area contributed by atoms with Gasteiger partial charge in [-0.1, -0.05) is 24.3 Å². The zero-order valence-electron chi connectivity index (χ0n) is 15.5. The van der Waals surface area contributed by atoms with E-state index in [-0.39, 0.29) is 24.8 Å². The monoisotopic (exact) mass is 372 g/mol. The molecule has 0 unspecified atom stereocenters. The highest BCUT2D eigenvalue weighted by Gasteiger charge is 2.08. The van der Waals surface area contributed by atoms with Crippen LogP contribution in [-0.4, -0.2) is 45.8 Å². The molecule has 0 saturated carbocycles. The van der Waals surface area contributed by atoms with Crippen LogP contribution in [0.4, 0.5) is 5.69 Å². The molecular formula is C20H24N2O5. The Labute approximate surface area is 158 Å². The van der Waals surface area contributed by atoms with E-state index >= 15 is 0 Å². The first kappa shape index (κ1) is 20.3. The molecule has 0 atom stereocenters. The van der Waals surface area contributed by atoms with Crippen molar-refractivity contribution in [2.75, 3.05) is 39.3 Å². The van der Waals surface area contributed by atoms with Crippen molar-refractivity contribution in [3.05, 3.63) is 54.1 Å². The SMILES string of the molecule is COCCNC(=O)Cc1ccc(NC(=O)COc2ccccc2OC)cc1. The van der Waals surface area contributed by atoms with E-state index in [1.54, 1.807) is 56.7 Å². The molecule has 0 aromatic heterocycles. The lowest BCUT2D eigenvalue weighted by atomic mass is 10.1. The molecule has 0 aliphatic heterocycles. The molecule has 2 aromatic carbocycles. The molecule has 144 valence electrons. The Hall–Kier alpha value is -3.06. The number of nitrogens with one attached hydrogen (secondary N) is 2. The molecule has 7 heteroatoms. The van der Waals surface area contributed by atoms with Crippen molar-refractivity contribution in [3.63, 3.8) is 0 Å². The molecule has 0 aliphatic carbocycles. The minimum absolute atomic E-state index is 0.0750. The van der Waals surface area contributed by atoms with Crippen LogP contribution in [0.25, 0.3) is 0 Å². The molecule has 2 aromatic rings. The topological polar surface area (TPSA) is 85.9 Å². The van der Waals surface area contributed by atoms with Crippen molar-refractivity contribution in [3.8, 4) is 11.5 Å². The Morgan fingerprint density at radius 1 is 0.926 bits per heavy atom. The Morgan fingerprint density at radius 3 is 2.30 bits per heavy atom. The number of hydrogen-bond donors (Lipinski definition) is 2. The van der Waals surface area contributed by atoms with Gasteiger partial charge in [0.05, 0.1) is 20.1 Å². The summed E-state index contributed by atoms with van der Waals surface area (Å²) in [7, 11) is 3.13. The molecule has 0 spiro atoms. The van der Waals surface area contributed by atoms with E-state index in [9.17, 15) is 9.59 Å². The average molecular weight is 372 g/mol. The number of ether oxygens (including phenoxy) is 3. The summed E-state index contributed by atoms with van der Waals surface area (Å²) in [5, 5.41) is 5.51. The van der Waals surface area contributed by atoms with Gasteiger partial charge in [0.25, 0.3) is 5.91 Å².